The van der Waals surface area contributed by atoms with E-state index >= 15 is 0 Å². The Balaban J connectivity index is 1.48. The number of fused-ring (bicyclic) bond motifs is 2. The highest BCUT2D eigenvalue weighted by Crippen LogP contribution is 2.43. The van der Waals surface area contributed by atoms with Crippen molar-refractivity contribution in [1.29, 1.82) is 0 Å². The van der Waals surface area contributed by atoms with Crippen LogP contribution >= 0.6 is 0 Å². The van der Waals surface area contributed by atoms with E-state index in [9.17, 15) is 26.4 Å². The summed E-state index contributed by atoms with van der Waals surface area (Å²) in [7, 11) is -7.96. The van der Waals surface area contributed by atoms with Crippen molar-refractivity contribution >= 4 is 48.8 Å². The van der Waals surface area contributed by atoms with Crippen molar-refractivity contribution in [1.82, 2.24) is 0 Å². The lowest BCUT2D eigenvalue weighted by molar-refractivity contribution is -0.125. The molecule has 1 saturated carbocycles. The number of benzene rings is 2. The molecule has 2 unspecified atom stereocenters. The lowest BCUT2D eigenvalue weighted by Crippen LogP contribution is -2.51. The number of carbonyl (C=O) groups is 2. The number of hydrogen-bond acceptors (Lipinski definition) is 7. The van der Waals surface area contributed by atoms with Crippen LogP contribution in [-0.2, 0) is 30.3 Å². The number of carbonyl (C=O) groups excluding carboxylic acids is 2. The van der Waals surface area contributed by atoms with E-state index in [1.165, 1.54) is 44.2 Å². The summed E-state index contributed by atoms with van der Waals surface area (Å²) in [6.45, 7) is 1.85. The molecule has 2 aliphatic carbocycles. The van der Waals surface area contributed by atoms with E-state index in [-0.39, 0.29) is 27.9 Å². The molecule has 2 N–H and O–H groups in total. The summed E-state index contributed by atoms with van der Waals surface area (Å²) in [4.78, 5) is 27.5. The zero-order valence-corrected chi connectivity index (χ0v) is 23.7. The molecule has 2 atom stereocenters. The Morgan fingerprint density at radius 2 is 1.79 bits per heavy atom. The van der Waals surface area contributed by atoms with Gasteiger partial charge in [-0.05, 0) is 43.0 Å². The molecular weight excluding hydrogens is 538 g/mol. The first-order chi connectivity index (χ1) is 18.4. The molecule has 39 heavy (non-hydrogen) atoms. The fourth-order valence-corrected chi connectivity index (χ4v) is 7.95. The van der Waals surface area contributed by atoms with Crippen molar-refractivity contribution in [3.8, 4) is 0 Å². The van der Waals surface area contributed by atoms with Crippen molar-refractivity contribution in [2.24, 2.45) is 16.2 Å². The van der Waals surface area contributed by atoms with E-state index in [0.717, 1.165) is 25.2 Å². The van der Waals surface area contributed by atoms with Gasteiger partial charge in [-0.2, -0.15) is 8.42 Å². The van der Waals surface area contributed by atoms with Crippen LogP contribution in [0.15, 0.2) is 51.8 Å². The maximum atomic E-state index is 14.1. The largest absolute Gasteiger partial charge is 0.341 e. The summed E-state index contributed by atoms with van der Waals surface area (Å²) >= 11 is 0. The molecular formula is C28H33N3O6S2. The third kappa shape index (κ3) is 5.38. The summed E-state index contributed by atoms with van der Waals surface area (Å²) in [5.41, 5.74) is 0.294. The molecule has 208 valence electrons. The standard InChI is InChI=1S/C28H33N3O6S2/c1-28(16-8-11-18-9-4-3-5-10-18)21-13-7-6-12-20(21)25(32)24(26(28)33)27-29-22-15-14-19(30-38(2,34)35)17-23(22)39(36,37)31-27/h6-7,12-15,17-18,24,30H,3-5,8-11,16H2,1-2H3,(H,29,31). The van der Waals surface area contributed by atoms with Gasteiger partial charge in [0, 0.05) is 11.3 Å². The molecule has 2 aromatic carbocycles. The molecule has 3 aliphatic rings. The number of ketones is 2. The number of amidine groups is 1. The van der Waals surface area contributed by atoms with Crippen LogP contribution in [0.25, 0.3) is 0 Å². The van der Waals surface area contributed by atoms with E-state index in [1.54, 1.807) is 12.1 Å². The van der Waals surface area contributed by atoms with E-state index in [2.05, 4.69) is 14.4 Å². The second-order valence-electron chi connectivity index (χ2n) is 11.1. The van der Waals surface area contributed by atoms with Gasteiger partial charge in [0.05, 0.1) is 17.4 Å². The van der Waals surface area contributed by atoms with Crippen molar-refractivity contribution in [2.75, 3.05) is 16.3 Å². The molecule has 2 aromatic rings. The fourth-order valence-electron chi connectivity index (χ4n) is 6.21. The maximum Gasteiger partial charge on any atom is 0.286 e. The van der Waals surface area contributed by atoms with Gasteiger partial charge in [-0.15, -0.1) is 4.40 Å². The number of sulfonamides is 2. The quantitative estimate of drug-likeness (QED) is 0.461. The average Bonchev–Trinajstić information content (AvgIpc) is 2.88. The Kier molecular flexibility index (Phi) is 7.17. The molecule has 0 amide bonds. The molecule has 1 aliphatic heterocycles. The van der Waals surface area contributed by atoms with Gasteiger partial charge in [0.2, 0.25) is 10.0 Å². The molecule has 0 aromatic heterocycles. The van der Waals surface area contributed by atoms with Crippen LogP contribution in [0.2, 0.25) is 0 Å². The molecule has 0 saturated heterocycles. The minimum Gasteiger partial charge on any atom is -0.341 e. The lowest BCUT2D eigenvalue weighted by Gasteiger charge is -2.39. The topological polar surface area (TPSA) is 139 Å². The van der Waals surface area contributed by atoms with Crippen LogP contribution < -0.4 is 10.0 Å². The summed E-state index contributed by atoms with van der Waals surface area (Å²) in [6.07, 6.45) is 9.55. The first kappa shape index (κ1) is 27.5. The smallest absolute Gasteiger partial charge is 0.286 e. The summed E-state index contributed by atoms with van der Waals surface area (Å²) < 4.78 is 55.7. The van der Waals surface area contributed by atoms with Gasteiger partial charge in [-0.25, -0.2) is 8.42 Å². The number of nitrogens with zero attached hydrogens (tertiary/aromatic N) is 1. The third-order valence-electron chi connectivity index (χ3n) is 8.19. The average molecular weight is 572 g/mol. The Morgan fingerprint density at radius 1 is 1.08 bits per heavy atom. The Hall–Kier alpha value is -3.05. The van der Waals surface area contributed by atoms with Gasteiger partial charge >= 0.3 is 0 Å². The second kappa shape index (κ2) is 10.2. The predicted octanol–water partition coefficient (Wildman–Crippen LogP) is 4.66. The molecule has 0 bridgehead atoms. The van der Waals surface area contributed by atoms with E-state index in [4.69, 9.17) is 0 Å². The van der Waals surface area contributed by atoms with E-state index in [0.29, 0.717) is 23.5 Å². The molecule has 0 radical (unpaired) electrons. The Morgan fingerprint density at radius 3 is 2.51 bits per heavy atom. The van der Waals surface area contributed by atoms with Crippen molar-refractivity contribution in [3.63, 3.8) is 0 Å². The number of nitrogens with one attached hydrogen (secondary N) is 2. The highest BCUT2D eigenvalue weighted by molar-refractivity contribution is 7.92. The monoisotopic (exact) mass is 571 g/mol. The molecule has 11 heteroatoms. The van der Waals surface area contributed by atoms with Crippen molar-refractivity contribution in [2.45, 2.75) is 68.6 Å². The normalized spacial score (nSPS) is 24.8. The number of hydrogen-bond donors (Lipinski definition) is 2. The third-order valence-corrected chi connectivity index (χ3v) is 10.1. The zero-order valence-electron chi connectivity index (χ0n) is 22.1. The van der Waals surface area contributed by atoms with Crippen molar-refractivity contribution in [3.05, 3.63) is 53.6 Å². The number of rotatable bonds is 7. The Labute approximate surface area is 229 Å². The van der Waals surface area contributed by atoms with Gasteiger partial charge in [-0.1, -0.05) is 69.2 Å². The SMILES string of the molecule is CC1(CCCC2CCCCC2)C(=O)C(C2=NS(=O)(=O)c3cc(NS(C)(=O)=O)ccc3N2)C(=O)c2ccccc21. The van der Waals surface area contributed by atoms with Crippen molar-refractivity contribution < 1.29 is 26.4 Å². The minimum atomic E-state index is -4.33. The van der Waals surface area contributed by atoms with E-state index < -0.39 is 37.2 Å². The first-order valence-electron chi connectivity index (χ1n) is 13.3. The van der Waals surface area contributed by atoms with Gasteiger partial charge in [0.15, 0.2) is 11.6 Å². The molecule has 5 rings (SSSR count). The highest BCUT2D eigenvalue weighted by Gasteiger charge is 2.51. The van der Waals surface area contributed by atoms with Crippen LogP contribution in [0.3, 0.4) is 0 Å². The molecule has 0 spiro atoms. The number of Topliss-reactive ketones (excluding diaryl/α,β-unsaturated/α-hetero) is 2. The summed E-state index contributed by atoms with van der Waals surface area (Å²) in [5, 5.41) is 2.90. The molecule has 9 nitrogen and oxygen atoms in total. The van der Waals surface area contributed by atoms with Crippen LogP contribution in [-0.4, -0.2) is 40.5 Å². The predicted molar refractivity (Wildman–Crippen MR) is 150 cm³/mol. The fraction of sp³-hybridized carbons (Fsp3) is 0.464. The van der Waals surface area contributed by atoms with Gasteiger partial charge in [0.25, 0.3) is 10.0 Å². The van der Waals surface area contributed by atoms with E-state index in [1.807, 2.05) is 19.1 Å². The zero-order chi connectivity index (χ0) is 28.0. The van der Waals surface area contributed by atoms with Crippen LogP contribution in [0, 0.1) is 11.8 Å². The van der Waals surface area contributed by atoms with Crippen LogP contribution in [0.1, 0.15) is 74.2 Å². The maximum absolute atomic E-state index is 14.1. The van der Waals surface area contributed by atoms with Crippen LogP contribution in [0.4, 0.5) is 11.4 Å². The Bertz CT molecular complexity index is 1580. The molecule has 1 fully saturated rings. The second-order valence-corrected chi connectivity index (χ2v) is 14.4. The summed E-state index contributed by atoms with van der Waals surface area (Å²) in [6, 6.07) is 11.0. The summed E-state index contributed by atoms with van der Waals surface area (Å²) in [5.74, 6) is -1.82. The minimum absolute atomic E-state index is 0.0598. The first-order valence-corrected chi connectivity index (χ1v) is 16.6. The van der Waals surface area contributed by atoms with Gasteiger partial charge in [-0.3, -0.25) is 14.3 Å². The lowest BCUT2D eigenvalue weighted by atomic mass is 9.63. The molecule has 1 heterocycles. The van der Waals surface area contributed by atoms with Gasteiger partial charge < -0.3 is 5.32 Å². The highest BCUT2D eigenvalue weighted by atomic mass is 32.2. The van der Waals surface area contributed by atoms with Crippen LogP contribution in [0.5, 0.6) is 0 Å². The number of anilines is 2. The van der Waals surface area contributed by atoms with Gasteiger partial charge in [0.1, 0.15) is 16.6 Å².